The summed E-state index contributed by atoms with van der Waals surface area (Å²) in [5, 5.41) is 6.24. The maximum Gasteiger partial charge on any atom is 0.180 e. The van der Waals surface area contributed by atoms with Gasteiger partial charge in [0.15, 0.2) is 5.06 Å². The highest BCUT2D eigenvalue weighted by Crippen LogP contribution is 2.27. The fraction of sp³-hybridized carbons (Fsp3) is 0.333. The number of hydrogen-bond acceptors (Lipinski definition) is 3. The van der Waals surface area contributed by atoms with E-state index in [9.17, 15) is 0 Å². The Morgan fingerprint density at radius 1 is 1.67 bits per heavy atom. The third-order valence-electron chi connectivity index (χ3n) is 1.33. The molecule has 3 heteroatoms. The van der Waals surface area contributed by atoms with Gasteiger partial charge in [0.1, 0.15) is 6.73 Å². The molecule has 0 bridgehead atoms. The summed E-state index contributed by atoms with van der Waals surface area (Å²) >= 11 is 1.66. The number of ether oxygens (including phenoxy) is 1. The highest BCUT2D eigenvalue weighted by atomic mass is 32.1. The summed E-state index contributed by atoms with van der Waals surface area (Å²) in [5.74, 6) is 0. The van der Waals surface area contributed by atoms with E-state index in [1.807, 2.05) is 0 Å². The molecule has 0 aromatic carbocycles. The van der Waals surface area contributed by atoms with E-state index in [4.69, 9.17) is 4.74 Å². The van der Waals surface area contributed by atoms with Crippen molar-refractivity contribution < 1.29 is 4.74 Å². The molecule has 2 nitrogen and oxygen atoms in total. The summed E-state index contributed by atoms with van der Waals surface area (Å²) in [6.45, 7) is 1.62. The van der Waals surface area contributed by atoms with Crippen LogP contribution < -0.4 is 10.1 Å². The average Bonchev–Trinajstić information content (AvgIpc) is 2.33. The first-order valence-corrected chi connectivity index (χ1v) is 3.74. The van der Waals surface area contributed by atoms with Crippen LogP contribution in [0, 0.1) is 0 Å². The molecule has 0 fully saturated rings. The molecule has 0 aliphatic carbocycles. The Morgan fingerprint density at radius 2 is 2.67 bits per heavy atom. The fourth-order valence-corrected chi connectivity index (χ4v) is 1.66. The van der Waals surface area contributed by atoms with E-state index in [-0.39, 0.29) is 0 Å². The zero-order chi connectivity index (χ0) is 6.10. The maximum absolute atomic E-state index is 5.27. The fourth-order valence-electron chi connectivity index (χ4n) is 0.882. The summed E-state index contributed by atoms with van der Waals surface area (Å²) in [6.07, 6.45) is 0. The van der Waals surface area contributed by atoms with Gasteiger partial charge < -0.3 is 4.74 Å². The van der Waals surface area contributed by atoms with Gasteiger partial charge in [-0.25, -0.2) is 0 Å². The van der Waals surface area contributed by atoms with Gasteiger partial charge in [0, 0.05) is 12.1 Å². The molecule has 2 rings (SSSR count). The molecule has 0 amide bonds. The summed E-state index contributed by atoms with van der Waals surface area (Å²) < 4.78 is 5.27. The summed E-state index contributed by atoms with van der Waals surface area (Å²) in [5.41, 5.74) is 1.28. The number of hydrogen-bond donors (Lipinski definition) is 1. The monoisotopic (exact) mass is 141 g/mol. The van der Waals surface area contributed by atoms with Crippen molar-refractivity contribution in [3.8, 4) is 5.06 Å². The lowest BCUT2D eigenvalue weighted by Crippen LogP contribution is -2.23. The molecule has 2 heterocycles. The predicted octanol–water partition coefficient (Wildman–Crippen LogP) is 1.19. The predicted molar refractivity (Wildman–Crippen MR) is 36.7 cm³/mol. The van der Waals surface area contributed by atoms with Crippen molar-refractivity contribution in [1.82, 2.24) is 5.32 Å². The smallest absolute Gasteiger partial charge is 0.180 e. The second-order valence-corrected chi connectivity index (χ2v) is 2.83. The van der Waals surface area contributed by atoms with Crippen LogP contribution in [0.1, 0.15) is 5.56 Å². The van der Waals surface area contributed by atoms with Crippen molar-refractivity contribution in [2.75, 3.05) is 6.73 Å². The zero-order valence-electron chi connectivity index (χ0n) is 4.89. The van der Waals surface area contributed by atoms with Gasteiger partial charge in [-0.3, -0.25) is 5.32 Å². The first-order valence-electron chi connectivity index (χ1n) is 2.87. The molecule has 1 N–H and O–H groups in total. The molecule has 0 unspecified atom stereocenters. The number of rotatable bonds is 0. The summed E-state index contributed by atoms with van der Waals surface area (Å²) in [4.78, 5) is 0. The molecule has 0 saturated heterocycles. The molecule has 0 radical (unpaired) electrons. The van der Waals surface area contributed by atoms with Crippen LogP contribution in [-0.4, -0.2) is 6.73 Å². The van der Waals surface area contributed by atoms with Crippen LogP contribution in [0.2, 0.25) is 0 Å². The summed E-state index contributed by atoms with van der Waals surface area (Å²) in [6, 6.07) is 2.09. The number of thiophene rings is 1. The van der Waals surface area contributed by atoms with Gasteiger partial charge >= 0.3 is 0 Å². The van der Waals surface area contributed by atoms with E-state index >= 15 is 0 Å². The van der Waals surface area contributed by atoms with Crippen molar-refractivity contribution in [2.24, 2.45) is 0 Å². The van der Waals surface area contributed by atoms with Crippen LogP contribution in [-0.2, 0) is 6.54 Å². The number of nitrogens with one attached hydrogen (secondary N) is 1. The molecule has 48 valence electrons. The topological polar surface area (TPSA) is 21.3 Å². The maximum atomic E-state index is 5.27. The van der Waals surface area contributed by atoms with E-state index in [0.717, 1.165) is 11.6 Å². The third-order valence-corrected chi connectivity index (χ3v) is 2.19. The molecule has 1 aliphatic heterocycles. The zero-order valence-corrected chi connectivity index (χ0v) is 5.70. The molecule has 1 aromatic rings. The van der Waals surface area contributed by atoms with Crippen LogP contribution in [0.3, 0.4) is 0 Å². The van der Waals surface area contributed by atoms with Crippen molar-refractivity contribution >= 4 is 11.3 Å². The van der Waals surface area contributed by atoms with E-state index in [2.05, 4.69) is 16.8 Å². The van der Waals surface area contributed by atoms with Crippen molar-refractivity contribution in [3.63, 3.8) is 0 Å². The largest absolute Gasteiger partial charge is 0.468 e. The second-order valence-electron chi connectivity index (χ2n) is 1.95. The van der Waals surface area contributed by atoms with E-state index in [0.29, 0.717) is 6.73 Å². The lowest BCUT2D eigenvalue weighted by molar-refractivity contribution is 0.266. The Kier molecular flexibility index (Phi) is 1.17. The molecule has 0 atom stereocenters. The molecule has 1 aromatic heterocycles. The highest BCUT2D eigenvalue weighted by molar-refractivity contribution is 7.12. The third kappa shape index (κ3) is 0.821. The van der Waals surface area contributed by atoms with Gasteiger partial charge in [0.2, 0.25) is 0 Å². The van der Waals surface area contributed by atoms with Crippen LogP contribution >= 0.6 is 11.3 Å². The Hall–Kier alpha value is -0.540. The van der Waals surface area contributed by atoms with Crippen LogP contribution in [0.4, 0.5) is 0 Å². The highest BCUT2D eigenvalue weighted by Gasteiger charge is 2.08. The van der Waals surface area contributed by atoms with Crippen molar-refractivity contribution in [3.05, 3.63) is 17.0 Å². The van der Waals surface area contributed by atoms with E-state index in [1.54, 1.807) is 11.3 Å². The molecule has 0 saturated carbocycles. The van der Waals surface area contributed by atoms with E-state index in [1.165, 1.54) is 5.56 Å². The van der Waals surface area contributed by atoms with E-state index < -0.39 is 0 Å². The lowest BCUT2D eigenvalue weighted by atomic mass is 10.3. The SMILES string of the molecule is c1cc2c(s1)OCNC2. The first-order chi connectivity index (χ1) is 4.47. The summed E-state index contributed by atoms with van der Waals surface area (Å²) in [7, 11) is 0. The van der Waals surface area contributed by atoms with Gasteiger partial charge in [0.25, 0.3) is 0 Å². The van der Waals surface area contributed by atoms with Gasteiger partial charge in [-0.05, 0) is 11.4 Å². The quantitative estimate of drug-likeness (QED) is 0.586. The minimum Gasteiger partial charge on any atom is -0.468 e. The minimum absolute atomic E-state index is 0.660. The lowest BCUT2D eigenvalue weighted by Gasteiger charge is -2.12. The number of fused-ring (bicyclic) bond motifs is 1. The Morgan fingerprint density at radius 3 is 3.56 bits per heavy atom. The van der Waals surface area contributed by atoms with Crippen LogP contribution in [0.5, 0.6) is 5.06 Å². The van der Waals surface area contributed by atoms with Crippen molar-refractivity contribution in [1.29, 1.82) is 0 Å². The van der Waals surface area contributed by atoms with Gasteiger partial charge in [-0.2, -0.15) is 0 Å². The Balaban J connectivity index is 2.39. The minimum atomic E-state index is 0.660. The normalized spacial score (nSPS) is 16.4. The van der Waals surface area contributed by atoms with Crippen LogP contribution in [0.25, 0.3) is 0 Å². The van der Waals surface area contributed by atoms with Gasteiger partial charge in [-0.15, -0.1) is 11.3 Å². The molecule has 9 heavy (non-hydrogen) atoms. The first kappa shape index (κ1) is 5.26. The standard InChI is InChI=1S/C6H7NOS/c1-2-9-6-5(1)3-7-4-8-6/h1-2,7H,3-4H2. The van der Waals surface area contributed by atoms with Crippen LogP contribution in [0.15, 0.2) is 11.4 Å². The average molecular weight is 141 g/mol. The molecule has 1 aliphatic rings. The molecular formula is C6H7NOS. The van der Waals surface area contributed by atoms with Crippen molar-refractivity contribution in [2.45, 2.75) is 6.54 Å². The van der Waals surface area contributed by atoms with Gasteiger partial charge in [-0.1, -0.05) is 0 Å². The van der Waals surface area contributed by atoms with Gasteiger partial charge in [0.05, 0.1) is 0 Å². The second kappa shape index (κ2) is 2.01. The Bertz CT molecular complexity index is 188. The molecular weight excluding hydrogens is 134 g/mol. The Labute approximate surface area is 57.5 Å². The molecule has 0 spiro atoms.